The van der Waals surface area contributed by atoms with Crippen molar-refractivity contribution in [3.8, 4) is 5.75 Å². The lowest BCUT2D eigenvalue weighted by molar-refractivity contribution is -0.140. The van der Waals surface area contributed by atoms with Crippen LogP contribution >= 0.6 is 0 Å². The van der Waals surface area contributed by atoms with Crippen LogP contribution in [-0.2, 0) is 20.9 Å². The van der Waals surface area contributed by atoms with Crippen LogP contribution in [0.2, 0.25) is 0 Å². The molecule has 1 aliphatic carbocycles. The predicted molar refractivity (Wildman–Crippen MR) is 140 cm³/mol. The van der Waals surface area contributed by atoms with Crippen LogP contribution in [0.1, 0.15) is 62.5 Å². The van der Waals surface area contributed by atoms with Crippen LogP contribution in [0.25, 0.3) is 6.08 Å². The van der Waals surface area contributed by atoms with Crippen molar-refractivity contribution in [2.75, 3.05) is 11.5 Å². The number of rotatable bonds is 11. The van der Waals surface area contributed by atoms with Gasteiger partial charge in [0.15, 0.2) is 0 Å². The summed E-state index contributed by atoms with van der Waals surface area (Å²) in [5.74, 6) is 0.595. The lowest BCUT2D eigenvalue weighted by Crippen LogP contribution is -2.25. The third-order valence-electron chi connectivity index (χ3n) is 6.38. The van der Waals surface area contributed by atoms with Crippen molar-refractivity contribution < 1.29 is 19.1 Å². The van der Waals surface area contributed by atoms with E-state index >= 15 is 0 Å². The van der Waals surface area contributed by atoms with Gasteiger partial charge in [-0.05, 0) is 92.0 Å². The molecule has 0 radical (unpaired) electrons. The molecule has 186 valence electrons. The third kappa shape index (κ3) is 8.96. The smallest absolute Gasteiger partial charge is 0.331 e. The molecular formula is C29H36N2O4. The number of allylic oxidation sites excluding steroid dienone is 1. The number of benzene rings is 2. The van der Waals surface area contributed by atoms with Gasteiger partial charge in [-0.25, -0.2) is 4.79 Å². The third-order valence-corrected chi connectivity index (χ3v) is 6.38. The molecule has 1 aliphatic rings. The Hall–Kier alpha value is -3.54. The molecule has 1 fully saturated rings. The van der Waals surface area contributed by atoms with Crippen molar-refractivity contribution in [2.45, 2.75) is 58.0 Å². The molecule has 0 heterocycles. The Morgan fingerprint density at radius 3 is 2.31 bits per heavy atom. The second kappa shape index (κ2) is 13.4. The van der Waals surface area contributed by atoms with E-state index in [2.05, 4.69) is 6.58 Å². The van der Waals surface area contributed by atoms with Crippen LogP contribution in [0.3, 0.4) is 0 Å². The number of anilines is 2. The van der Waals surface area contributed by atoms with Gasteiger partial charge in [-0.3, -0.25) is 4.79 Å². The molecule has 0 atom stereocenters. The first kappa shape index (κ1) is 26.1. The van der Waals surface area contributed by atoms with Gasteiger partial charge in [0.25, 0.3) is 0 Å². The zero-order valence-corrected chi connectivity index (χ0v) is 20.3. The van der Waals surface area contributed by atoms with E-state index < -0.39 is 5.97 Å². The van der Waals surface area contributed by atoms with Gasteiger partial charge in [0.2, 0.25) is 0 Å². The summed E-state index contributed by atoms with van der Waals surface area (Å²) < 4.78 is 10.8. The van der Waals surface area contributed by atoms with Crippen molar-refractivity contribution in [1.29, 1.82) is 0 Å². The standard InChI is InChI=1S/C29H36N2O4/c1-2-3-4-5-6-21-7-12-24(13-8-21)29(33)35-27-14-9-22(10-15-27)11-16-28(32)34-20-23-17-25(30)19-26(31)18-23/h2,9-11,14-19,21,24H,1,3-8,12-13,20,30-31H2. The number of nitrogen functional groups attached to an aromatic ring is 2. The summed E-state index contributed by atoms with van der Waals surface area (Å²) >= 11 is 0. The Balaban J connectivity index is 1.40. The molecular weight excluding hydrogens is 440 g/mol. The van der Waals surface area contributed by atoms with Crippen LogP contribution in [0, 0.1) is 11.8 Å². The van der Waals surface area contributed by atoms with E-state index in [4.69, 9.17) is 20.9 Å². The highest BCUT2D eigenvalue weighted by Gasteiger charge is 2.27. The molecule has 2 aromatic rings. The topological polar surface area (TPSA) is 105 Å². The molecule has 0 unspecified atom stereocenters. The van der Waals surface area contributed by atoms with Gasteiger partial charge in [-0.2, -0.15) is 0 Å². The van der Waals surface area contributed by atoms with E-state index in [9.17, 15) is 9.59 Å². The maximum atomic E-state index is 12.6. The van der Waals surface area contributed by atoms with Crippen LogP contribution in [0.5, 0.6) is 5.75 Å². The van der Waals surface area contributed by atoms with Gasteiger partial charge >= 0.3 is 11.9 Å². The highest BCUT2D eigenvalue weighted by Crippen LogP contribution is 2.33. The summed E-state index contributed by atoms with van der Waals surface area (Å²) in [4.78, 5) is 24.6. The summed E-state index contributed by atoms with van der Waals surface area (Å²) in [6.07, 6.45) is 13.7. The summed E-state index contributed by atoms with van der Waals surface area (Å²) in [6, 6.07) is 12.1. The Morgan fingerprint density at radius 2 is 1.66 bits per heavy atom. The molecule has 4 N–H and O–H groups in total. The summed E-state index contributed by atoms with van der Waals surface area (Å²) in [6.45, 7) is 3.86. The number of nitrogens with two attached hydrogens (primary N) is 2. The molecule has 6 nitrogen and oxygen atoms in total. The number of ether oxygens (including phenoxy) is 2. The second-order valence-corrected chi connectivity index (χ2v) is 9.23. The maximum absolute atomic E-state index is 12.6. The highest BCUT2D eigenvalue weighted by molar-refractivity contribution is 5.87. The maximum Gasteiger partial charge on any atom is 0.331 e. The van der Waals surface area contributed by atoms with Crippen LogP contribution in [-0.4, -0.2) is 11.9 Å². The van der Waals surface area contributed by atoms with Crippen molar-refractivity contribution in [2.24, 2.45) is 11.8 Å². The number of carbonyl (C=O) groups is 2. The first-order valence-corrected chi connectivity index (χ1v) is 12.4. The van der Waals surface area contributed by atoms with Crippen LogP contribution in [0.15, 0.2) is 61.2 Å². The van der Waals surface area contributed by atoms with Gasteiger partial charge < -0.3 is 20.9 Å². The van der Waals surface area contributed by atoms with Gasteiger partial charge in [0.05, 0.1) is 5.92 Å². The monoisotopic (exact) mass is 476 g/mol. The average molecular weight is 477 g/mol. The van der Waals surface area contributed by atoms with Crippen molar-refractivity contribution in [3.63, 3.8) is 0 Å². The van der Waals surface area contributed by atoms with Crippen LogP contribution in [0.4, 0.5) is 11.4 Å². The lowest BCUT2D eigenvalue weighted by atomic mass is 9.80. The molecule has 0 aliphatic heterocycles. The summed E-state index contributed by atoms with van der Waals surface area (Å²) in [5, 5.41) is 0. The number of unbranched alkanes of at least 4 members (excludes halogenated alkanes) is 2. The van der Waals surface area contributed by atoms with Crippen molar-refractivity contribution in [1.82, 2.24) is 0 Å². The van der Waals surface area contributed by atoms with Gasteiger partial charge in [0.1, 0.15) is 12.4 Å². The van der Waals surface area contributed by atoms with Gasteiger partial charge in [-0.15, -0.1) is 6.58 Å². The molecule has 6 heteroatoms. The Morgan fingerprint density at radius 1 is 0.971 bits per heavy atom. The lowest BCUT2D eigenvalue weighted by Gasteiger charge is -2.27. The number of hydrogen-bond acceptors (Lipinski definition) is 6. The first-order chi connectivity index (χ1) is 16.9. The van der Waals surface area contributed by atoms with Crippen molar-refractivity contribution >= 4 is 29.4 Å². The Kier molecular flexibility index (Phi) is 9.96. The molecule has 0 aromatic heterocycles. The molecule has 35 heavy (non-hydrogen) atoms. The number of carbonyl (C=O) groups excluding carboxylic acids is 2. The molecule has 0 saturated heterocycles. The number of esters is 2. The zero-order valence-electron chi connectivity index (χ0n) is 20.3. The minimum atomic E-state index is -0.474. The van der Waals surface area contributed by atoms with E-state index in [0.717, 1.165) is 49.1 Å². The number of hydrogen-bond donors (Lipinski definition) is 2. The van der Waals surface area contributed by atoms with Crippen LogP contribution < -0.4 is 16.2 Å². The SMILES string of the molecule is C=CCCCCC1CCC(C(=O)Oc2ccc(C=CC(=O)OCc3cc(N)cc(N)c3)cc2)CC1. The van der Waals surface area contributed by atoms with E-state index in [0.29, 0.717) is 17.1 Å². The molecule has 1 saturated carbocycles. The fourth-order valence-corrected chi connectivity index (χ4v) is 4.45. The average Bonchev–Trinajstić information content (AvgIpc) is 2.85. The minimum Gasteiger partial charge on any atom is -0.458 e. The van der Waals surface area contributed by atoms with E-state index in [-0.39, 0.29) is 18.5 Å². The van der Waals surface area contributed by atoms with Gasteiger partial charge in [-0.1, -0.05) is 31.1 Å². The van der Waals surface area contributed by atoms with E-state index in [1.807, 2.05) is 6.08 Å². The largest absolute Gasteiger partial charge is 0.458 e. The van der Waals surface area contributed by atoms with E-state index in [1.54, 1.807) is 48.5 Å². The summed E-state index contributed by atoms with van der Waals surface area (Å²) in [7, 11) is 0. The fraction of sp³-hybridized carbons (Fsp3) is 0.379. The van der Waals surface area contributed by atoms with Gasteiger partial charge in [0, 0.05) is 17.5 Å². The molecule has 0 amide bonds. The zero-order chi connectivity index (χ0) is 25.0. The predicted octanol–water partition coefficient (Wildman–Crippen LogP) is 6.07. The Bertz CT molecular complexity index is 1000. The minimum absolute atomic E-state index is 0.0240. The quantitative estimate of drug-likeness (QED) is 0.102. The summed E-state index contributed by atoms with van der Waals surface area (Å²) in [5.41, 5.74) is 14.1. The molecule has 2 aromatic carbocycles. The fourth-order valence-electron chi connectivity index (χ4n) is 4.45. The molecule has 0 spiro atoms. The van der Waals surface area contributed by atoms with Crippen molar-refractivity contribution in [3.05, 3.63) is 72.3 Å². The normalized spacial score (nSPS) is 17.7. The van der Waals surface area contributed by atoms with E-state index in [1.165, 1.54) is 25.3 Å². The highest BCUT2D eigenvalue weighted by atomic mass is 16.5. The first-order valence-electron chi connectivity index (χ1n) is 12.4. The Labute approximate surface area is 208 Å². The molecule has 0 bridgehead atoms. The molecule has 3 rings (SSSR count). The second-order valence-electron chi connectivity index (χ2n) is 9.23.